The summed E-state index contributed by atoms with van der Waals surface area (Å²) >= 11 is 0. The highest BCUT2D eigenvalue weighted by Crippen LogP contribution is 2.32. The molecule has 1 aliphatic rings. The van der Waals surface area contributed by atoms with Crippen LogP contribution in [0.5, 0.6) is 0 Å². The van der Waals surface area contributed by atoms with Crippen molar-refractivity contribution in [1.82, 2.24) is 10.3 Å². The van der Waals surface area contributed by atoms with Crippen molar-refractivity contribution in [2.75, 3.05) is 0 Å². The van der Waals surface area contributed by atoms with E-state index in [1.54, 1.807) is 6.20 Å². The topological polar surface area (TPSA) is 82.2 Å². The molecule has 5 nitrogen and oxygen atoms in total. The van der Waals surface area contributed by atoms with Crippen LogP contribution < -0.4 is 5.32 Å². The summed E-state index contributed by atoms with van der Waals surface area (Å²) in [6.45, 7) is 0. The Labute approximate surface area is 116 Å². The maximum atomic E-state index is 12.0. The molecule has 2 aromatic rings. The summed E-state index contributed by atoms with van der Waals surface area (Å²) in [5.74, 6) is -1.09. The molecule has 1 heterocycles. The lowest BCUT2D eigenvalue weighted by atomic mass is 10.1. The molecule has 20 heavy (non-hydrogen) atoms. The van der Waals surface area contributed by atoms with Gasteiger partial charge in [0.25, 0.3) is 0 Å². The van der Waals surface area contributed by atoms with E-state index < -0.39 is 12.0 Å². The first kappa shape index (κ1) is 12.7. The minimum Gasteiger partial charge on any atom is -0.480 e. The lowest BCUT2D eigenvalue weighted by Gasteiger charge is -2.13. The zero-order chi connectivity index (χ0) is 14.1. The van der Waals surface area contributed by atoms with Crippen LogP contribution in [0.4, 0.5) is 0 Å². The maximum Gasteiger partial charge on any atom is 0.326 e. The zero-order valence-electron chi connectivity index (χ0n) is 10.9. The van der Waals surface area contributed by atoms with Crippen molar-refractivity contribution < 1.29 is 14.7 Å². The van der Waals surface area contributed by atoms with Gasteiger partial charge in [-0.05, 0) is 30.4 Å². The Kier molecular flexibility index (Phi) is 3.18. The van der Waals surface area contributed by atoms with Gasteiger partial charge in [-0.1, -0.05) is 18.2 Å². The van der Waals surface area contributed by atoms with Gasteiger partial charge in [0.05, 0.1) is 6.42 Å². The molecule has 0 aliphatic heterocycles. The first-order valence-electron chi connectivity index (χ1n) is 6.72. The average molecular weight is 272 g/mol. The van der Waals surface area contributed by atoms with Crippen LogP contribution in [0, 0.1) is 5.92 Å². The number of aromatic amines is 1. The predicted molar refractivity (Wildman–Crippen MR) is 74.3 cm³/mol. The molecule has 0 saturated heterocycles. The van der Waals surface area contributed by atoms with Gasteiger partial charge in [0.1, 0.15) is 6.04 Å². The van der Waals surface area contributed by atoms with Gasteiger partial charge >= 0.3 is 5.97 Å². The number of fused-ring (bicyclic) bond motifs is 1. The van der Waals surface area contributed by atoms with Crippen LogP contribution in [0.15, 0.2) is 30.5 Å². The van der Waals surface area contributed by atoms with Crippen molar-refractivity contribution in [3.63, 3.8) is 0 Å². The van der Waals surface area contributed by atoms with Crippen molar-refractivity contribution in [3.05, 3.63) is 36.0 Å². The third-order valence-corrected chi connectivity index (χ3v) is 3.70. The number of carbonyl (C=O) groups excluding carboxylic acids is 1. The van der Waals surface area contributed by atoms with Crippen LogP contribution in [0.1, 0.15) is 18.4 Å². The summed E-state index contributed by atoms with van der Waals surface area (Å²) in [7, 11) is 0. The van der Waals surface area contributed by atoms with Gasteiger partial charge in [-0.2, -0.15) is 0 Å². The molecule has 1 fully saturated rings. The van der Waals surface area contributed by atoms with Gasteiger partial charge in [0, 0.05) is 17.1 Å². The smallest absolute Gasteiger partial charge is 0.326 e. The van der Waals surface area contributed by atoms with E-state index >= 15 is 0 Å². The standard InChI is InChI=1S/C15H16N2O3/c18-13(17-14(15(19)20)9-5-6-9)7-10-8-16-12-4-2-1-3-11(10)12/h1-4,8-9,14,16H,5-7H2,(H,17,18)(H,19,20). The third-order valence-electron chi connectivity index (χ3n) is 3.70. The third kappa shape index (κ3) is 2.52. The van der Waals surface area contributed by atoms with Crippen LogP contribution in [0.3, 0.4) is 0 Å². The fourth-order valence-corrected chi connectivity index (χ4v) is 2.49. The summed E-state index contributed by atoms with van der Waals surface area (Å²) in [5.41, 5.74) is 1.87. The van der Waals surface area contributed by atoms with E-state index in [9.17, 15) is 9.59 Å². The van der Waals surface area contributed by atoms with Crippen molar-refractivity contribution in [3.8, 4) is 0 Å². The normalized spacial score (nSPS) is 16.0. The Morgan fingerprint density at radius 1 is 1.35 bits per heavy atom. The molecule has 1 aliphatic carbocycles. The number of para-hydroxylation sites is 1. The second-order valence-corrected chi connectivity index (χ2v) is 5.26. The summed E-state index contributed by atoms with van der Waals surface area (Å²) in [6.07, 6.45) is 3.76. The van der Waals surface area contributed by atoms with Gasteiger partial charge in [-0.3, -0.25) is 4.79 Å². The van der Waals surface area contributed by atoms with Crippen LogP contribution in [0.2, 0.25) is 0 Å². The van der Waals surface area contributed by atoms with E-state index in [0.717, 1.165) is 29.3 Å². The fraction of sp³-hybridized carbons (Fsp3) is 0.333. The Balaban J connectivity index is 1.71. The number of amides is 1. The quantitative estimate of drug-likeness (QED) is 0.774. The lowest BCUT2D eigenvalue weighted by molar-refractivity contribution is -0.142. The molecule has 1 unspecified atom stereocenters. The number of carbonyl (C=O) groups is 2. The number of rotatable bonds is 5. The van der Waals surface area contributed by atoms with Crippen molar-refractivity contribution in [2.24, 2.45) is 5.92 Å². The van der Waals surface area contributed by atoms with Crippen LogP contribution in [-0.4, -0.2) is 28.0 Å². The highest BCUT2D eigenvalue weighted by Gasteiger charge is 2.37. The molecule has 1 aromatic carbocycles. The first-order chi connectivity index (χ1) is 9.65. The predicted octanol–water partition coefficient (Wildman–Crippen LogP) is 1.69. The number of carboxylic acid groups (broad SMARTS) is 1. The Hall–Kier alpha value is -2.30. The van der Waals surface area contributed by atoms with Crippen LogP contribution in [0.25, 0.3) is 10.9 Å². The minimum absolute atomic E-state index is 0.0967. The molecule has 0 spiro atoms. The second-order valence-electron chi connectivity index (χ2n) is 5.26. The van der Waals surface area contributed by atoms with Crippen molar-refractivity contribution in [2.45, 2.75) is 25.3 Å². The van der Waals surface area contributed by atoms with Gasteiger partial charge in [-0.25, -0.2) is 4.79 Å². The van der Waals surface area contributed by atoms with E-state index in [2.05, 4.69) is 10.3 Å². The summed E-state index contributed by atoms with van der Waals surface area (Å²) in [4.78, 5) is 26.2. The lowest BCUT2D eigenvalue weighted by Crippen LogP contribution is -2.43. The van der Waals surface area contributed by atoms with Crippen molar-refractivity contribution >= 4 is 22.8 Å². The van der Waals surface area contributed by atoms with Gasteiger partial charge < -0.3 is 15.4 Å². The average Bonchev–Trinajstić information content (AvgIpc) is 3.19. The molecule has 1 amide bonds. The van der Waals surface area contributed by atoms with E-state index in [0.29, 0.717) is 0 Å². The zero-order valence-corrected chi connectivity index (χ0v) is 10.9. The first-order valence-corrected chi connectivity index (χ1v) is 6.72. The summed E-state index contributed by atoms with van der Waals surface area (Å²) in [5, 5.41) is 12.7. The largest absolute Gasteiger partial charge is 0.480 e. The van der Waals surface area contributed by atoms with Crippen LogP contribution >= 0.6 is 0 Å². The molecule has 5 heteroatoms. The van der Waals surface area contributed by atoms with Gasteiger partial charge in [-0.15, -0.1) is 0 Å². The van der Waals surface area contributed by atoms with Gasteiger partial charge in [0.15, 0.2) is 0 Å². The molecular weight excluding hydrogens is 256 g/mol. The second kappa shape index (κ2) is 5.00. The molecule has 0 radical (unpaired) electrons. The Morgan fingerprint density at radius 3 is 2.80 bits per heavy atom. The molecule has 1 saturated carbocycles. The monoisotopic (exact) mass is 272 g/mol. The molecule has 1 aromatic heterocycles. The van der Waals surface area contributed by atoms with E-state index in [1.807, 2.05) is 24.3 Å². The number of nitrogens with one attached hydrogen (secondary N) is 2. The summed E-state index contributed by atoms with van der Waals surface area (Å²) in [6, 6.07) is 7.00. The molecule has 1 atom stereocenters. The van der Waals surface area contributed by atoms with E-state index in [1.165, 1.54) is 0 Å². The maximum absolute atomic E-state index is 12.0. The number of carboxylic acids is 1. The molecule has 0 bridgehead atoms. The van der Waals surface area contributed by atoms with Crippen molar-refractivity contribution in [1.29, 1.82) is 0 Å². The summed E-state index contributed by atoms with van der Waals surface area (Å²) < 4.78 is 0. The van der Waals surface area contributed by atoms with E-state index in [-0.39, 0.29) is 18.2 Å². The number of H-pyrrole nitrogens is 1. The molecular formula is C15H16N2O3. The number of hydrogen-bond acceptors (Lipinski definition) is 2. The minimum atomic E-state index is -0.945. The molecule has 3 N–H and O–H groups in total. The highest BCUT2D eigenvalue weighted by atomic mass is 16.4. The molecule has 104 valence electrons. The Bertz CT molecular complexity index is 658. The van der Waals surface area contributed by atoms with Crippen LogP contribution in [-0.2, 0) is 16.0 Å². The number of hydrogen-bond donors (Lipinski definition) is 3. The SMILES string of the molecule is O=C(Cc1c[nH]c2ccccc12)NC(C(=O)O)C1CC1. The van der Waals surface area contributed by atoms with Gasteiger partial charge in [0.2, 0.25) is 5.91 Å². The number of aromatic nitrogens is 1. The highest BCUT2D eigenvalue weighted by molar-refractivity contribution is 5.90. The fourth-order valence-electron chi connectivity index (χ4n) is 2.49. The molecule has 3 rings (SSSR count). The number of aliphatic carboxylic acids is 1. The van der Waals surface area contributed by atoms with E-state index in [4.69, 9.17) is 5.11 Å². The number of benzene rings is 1. The Morgan fingerprint density at radius 2 is 2.10 bits per heavy atom.